The normalized spacial score (nSPS) is 10.6. The third-order valence-corrected chi connectivity index (χ3v) is 2.61. The van der Waals surface area contributed by atoms with E-state index in [0.29, 0.717) is 12.3 Å². The number of hydrogen-bond donors (Lipinski definition) is 3. The summed E-state index contributed by atoms with van der Waals surface area (Å²) in [5.41, 5.74) is 0. The molecule has 0 saturated carbocycles. The SMILES string of the molecule is CN(C)CCCCNC(=O)NCc1ccc(C(=O)O)o1. The van der Waals surface area contributed by atoms with Gasteiger partial charge in [-0.05, 0) is 45.6 Å². The largest absolute Gasteiger partial charge is 0.475 e. The second-order valence-corrected chi connectivity index (χ2v) is 4.69. The van der Waals surface area contributed by atoms with Gasteiger partial charge in [0.25, 0.3) is 0 Å². The minimum absolute atomic E-state index is 0.133. The van der Waals surface area contributed by atoms with Gasteiger partial charge in [0.1, 0.15) is 5.76 Å². The third-order valence-electron chi connectivity index (χ3n) is 2.61. The molecule has 0 aliphatic rings. The zero-order chi connectivity index (χ0) is 15.0. The fourth-order valence-electron chi connectivity index (χ4n) is 1.57. The van der Waals surface area contributed by atoms with Crippen LogP contribution in [0.1, 0.15) is 29.2 Å². The first-order valence-corrected chi connectivity index (χ1v) is 6.47. The maximum atomic E-state index is 11.5. The minimum atomic E-state index is -1.12. The molecule has 0 atom stereocenters. The van der Waals surface area contributed by atoms with Crippen molar-refractivity contribution in [1.29, 1.82) is 0 Å². The van der Waals surface area contributed by atoms with Crippen molar-refractivity contribution >= 4 is 12.0 Å². The molecule has 0 fully saturated rings. The molecule has 0 bridgehead atoms. The van der Waals surface area contributed by atoms with Crippen LogP contribution in [0.5, 0.6) is 0 Å². The summed E-state index contributed by atoms with van der Waals surface area (Å²) in [6.45, 7) is 1.77. The van der Waals surface area contributed by atoms with Crippen molar-refractivity contribution in [3.63, 3.8) is 0 Å². The van der Waals surface area contributed by atoms with Gasteiger partial charge in [-0.25, -0.2) is 9.59 Å². The summed E-state index contributed by atoms with van der Waals surface area (Å²) >= 11 is 0. The van der Waals surface area contributed by atoms with Crippen LogP contribution in [0.3, 0.4) is 0 Å². The van der Waals surface area contributed by atoms with Gasteiger partial charge in [-0.2, -0.15) is 0 Å². The smallest absolute Gasteiger partial charge is 0.371 e. The number of unbranched alkanes of at least 4 members (excludes halogenated alkanes) is 1. The minimum Gasteiger partial charge on any atom is -0.475 e. The van der Waals surface area contributed by atoms with Crippen molar-refractivity contribution in [3.8, 4) is 0 Å². The van der Waals surface area contributed by atoms with E-state index in [2.05, 4.69) is 15.5 Å². The molecule has 1 rings (SSSR count). The number of urea groups is 1. The second-order valence-electron chi connectivity index (χ2n) is 4.69. The topological polar surface area (TPSA) is 94.8 Å². The van der Waals surface area contributed by atoms with E-state index in [4.69, 9.17) is 9.52 Å². The monoisotopic (exact) mass is 283 g/mol. The van der Waals surface area contributed by atoms with Gasteiger partial charge >= 0.3 is 12.0 Å². The molecular weight excluding hydrogens is 262 g/mol. The van der Waals surface area contributed by atoms with E-state index in [1.165, 1.54) is 12.1 Å². The maximum absolute atomic E-state index is 11.5. The predicted octanol–water partition coefficient (Wildman–Crippen LogP) is 1.12. The summed E-state index contributed by atoms with van der Waals surface area (Å²) in [5.74, 6) is -0.849. The van der Waals surface area contributed by atoms with Gasteiger partial charge in [-0.15, -0.1) is 0 Å². The lowest BCUT2D eigenvalue weighted by atomic mass is 10.3. The second kappa shape index (κ2) is 8.21. The Labute approximate surface area is 117 Å². The Morgan fingerprint density at radius 2 is 2.00 bits per heavy atom. The molecule has 0 aliphatic heterocycles. The van der Waals surface area contributed by atoms with Crippen LogP contribution in [0.4, 0.5) is 4.79 Å². The van der Waals surface area contributed by atoms with E-state index in [0.717, 1.165) is 19.4 Å². The Kier molecular flexibility index (Phi) is 6.58. The van der Waals surface area contributed by atoms with Crippen molar-refractivity contribution in [2.75, 3.05) is 27.2 Å². The molecule has 0 aliphatic carbocycles. The highest BCUT2D eigenvalue weighted by molar-refractivity contribution is 5.84. The van der Waals surface area contributed by atoms with Crippen LogP contribution >= 0.6 is 0 Å². The van der Waals surface area contributed by atoms with Crippen LogP contribution < -0.4 is 10.6 Å². The molecule has 1 aromatic heterocycles. The molecule has 3 N–H and O–H groups in total. The fourth-order valence-corrected chi connectivity index (χ4v) is 1.57. The van der Waals surface area contributed by atoms with Crippen molar-refractivity contribution < 1.29 is 19.1 Å². The molecule has 0 aromatic carbocycles. The number of carboxylic acids is 1. The van der Waals surface area contributed by atoms with E-state index in [1.807, 2.05) is 14.1 Å². The Morgan fingerprint density at radius 1 is 1.25 bits per heavy atom. The lowest BCUT2D eigenvalue weighted by molar-refractivity contribution is 0.0660. The molecule has 0 spiro atoms. The molecule has 1 heterocycles. The number of nitrogens with zero attached hydrogens (tertiary/aromatic N) is 1. The number of nitrogens with one attached hydrogen (secondary N) is 2. The number of rotatable bonds is 8. The third kappa shape index (κ3) is 6.24. The van der Waals surface area contributed by atoms with Gasteiger partial charge in [0, 0.05) is 6.54 Å². The summed E-state index contributed by atoms with van der Waals surface area (Å²) in [4.78, 5) is 24.2. The number of aromatic carboxylic acids is 1. The van der Waals surface area contributed by atoms with E-state index in [-0.39, 0.29) is 18.3 Å². The zero-order valence-electron chi connectivity index (χ0n) is 11.8. The molecule has 0 saturated heterocycles. The summed E-state index contributed by atoms with van der Waals surface area (Å²) in [5, 5.41) is 14.0. The highest BCUT2D eigenvalue weighted by atomic mass is 16.4. The van der Waals surface area contributed by atoms with Crippen LogP contribution in [0.15, 0.2) is 16.5 Å². The standard InChI is InChI=1S/C13H21N3O4/c1-16(2)8-4-3-7-14-13(19)15-9-10-5-6-11(20-10)12(17)18/h5-6H,3-4,7-9H2,1-2H3,(H,17,18)(H2,14,15,19). The van der Waals surface area contributed by atoms with E-state index >= 15 is 0 Å². The van der Waals surface area contributed by atoms with Crippen LogP contribution in [0, 0.1) is 0 Å². The van der Waals surface area contributed by atoms with E-state index < -0.39 is 5.97 Å². The summed E-state index contributed by atoms with van der Waals surface area (Å²) in [7, 11) is 4.02. The maximum Gasteiger partial charge on any atom is 0.371 e. The van der Waals surface area contributed by atoms with Gasteiger partial charge in [-0.1, -0.05) is 0 Å². The molecule has 0 radical (unpaired) electrons. The zero-order valence-corrected chi connectivity index (χ0v) is 11.8. The number of hydrogen-bond acceptors (Lipinski definition) is 4. The van der Waals surface area contributed by atoms with Crippen LogP contribution in [0.25, 0.3) is 0 Å². The molecule has 112 valence electrons. The predicted molar refractivity (Wildman–Crippen MR) is 73.7 cm³/mol. The Bertz CT molecular complexity index is 443. The average molecular weight is 283 g/mol. The van der Waals surface area contributed by atoms with E-state index in [1.54, 1.807) is 0 Å². The van der Waals surface area contributed by atoms with Gasteiger partial charge in [-0.3, -0.25) is 0 Å². The summed E-state index contributed by atoms with van der Waals surface area (Å²) < 4.78 is 5.02. The van der Waals surface area contributed by atoms with Gasteiger partial charge < -0.3 is 25.1 Å². The molecule has 20 heavy (non-hydrogen) atoms. The van der Waals surface area contributed by atoms with Gasteiger partial charge in [0.15, 0.2) is 0 Å². The quantitative estimate of drug-likeness (QED) is 0.621. The van der Waals surface area contributed by atoms with Crippen molar-refractivity contribution in [2.24, 2.45) is 0 Å². The first-order chi connectivity index (χ1) is 9.49. The number of carbonyl (C=O) groups excluding carboxylic acids is 1. The molecule has 7 heteroatoms. The lowest BCUT2D eigenvalue weighted by Crippen LogP contribution is -2.35. The number of furan rings is 1. The highest BCUT2D eigenvalue weighted by Gasteiger charge is 2.09. The molecule has 7 nitrogen and oxygen atoms in total. The first kappa shape index (κ1) is 16.0. The molecule has 1 aromatic rings. The first-order valence-electron chi connectivity index (χ1n) is 6.47. The Balaban J connectivity index is 2.14. The van der Waals surface area contributed by atoms with Crippen LogP contribution in [-0.2, 0) is 6.54 Å². The summed E-state index contributed by atoms with van der Waals surface area (Å²) in [6.07, 6.45) is 1.93. The summed E-state index contributed by atoms with van der Waals surface area (Å²) in [6, 6.07) is 2.60. The van der Waals surface area contributed by atoms with Crippen molar-refractivity contribution in [3.05, 3.63) is 23.7 Å². The molecule has 2 amide bonds. The lowest BCUT2D eigenvalue weighted by Gasteiger charge is -2.09. The number of amides is 2. The van der Waals surface area contributed by atoms with Gasteiger partial charge in [0.05, 0.1) is 6.54 Å². The van der Waals surface area contributed by atoms with Gasteiger partial charge in [0.2, 0.25) is 5.76 Å². The van der Waals surface area contributed by atoms with Crippen LogP contribution in [-0.4, -0.2) is 49.2 Å². The molecular formula is C13H21N3O4. The molecule has 0 unspecified atom stereocenters. The Hall–Kier alpha value is -2.02. The average Bonchev–Trinajstić information content (AvgIpc) is 2.84. The van der Waals surface area contributed by atoms with E-state index in [9.17, 15) is 9.59 Å². The number of carbonyl (C=O) groups is 2. The Morgan fingerprint density at radius 3 is 2.60 bits per heavy atom. The van der Waals surface area contributed by atoms with Crippen molar-refractivity contribution in [1.82, 2.24) is 15.5 Å². The highest BCUT2D eigenvalue weighted by Crippen LogP contribution is 2.07. The van der Waals surface area contributed by atoms with Crippen LogP contribution in [0.2, 0.25) is 0 Å². The number of carboxylic acid groups (broad SMARTS) is 1. The fraction of sp³-hybridized carbons (Fsp3) is 0.538. The van der Waals surface area contributed by atoms with Crippen molar-refractivity contribution in [2.45, 2.75) is 19.4 Å².